The number of anilines is 1. The summed E-state index contributed by atoms with van der Waals surface area (Å²) < 4.78 is 5.99. The van der Waals surface area contributed by atoms with Crippen molar-refractivity contribution in [3.8, 4) is 17.5 Å². The van der Waals surface area contributed by atoms with Crippen LogP contribution in [0.5, 0.6) is 0 Å². The molecule has 140 valence electrons. The lowest BCUT2D eigenvalue weighted by Gasteiger charge is -2.23. The molecule has 4 aromatic rings. The zero-order chi connectivity index (χ0) is 19.5. The van der Waals surface area contributed by atoms with Crippen LogP contribution in [0.3, 0.4) is 0 Å². The Hall–Kier alpha value is -3.14. The Morgan fingerprint density at radius 1 is 1.14 bits per heavy atom. The van der Waals surface area contributed by atoms with Crippen molar-refractivity contribution in [2.75, 3.05) is 26.0 Å². The van der Waals surface area contributed by atoms with Gasteiger partial charge in [-0.2, -0.15) is 10.2 Å². The van der Waals surface area contributed by atoms with Crippen molar-refractivity contribution in [1.82, 2.24) is 9.88 Å². The van der Waals surface area contributed by atoms with Gasteiger partial charge in [-0.1, -0.05) is 42.5 Å². The molecule has 2 aromatic carbocycles. The van der Waals surface area contributed by atoms with Gasteiger partial charge in [-0.05, 0) is 42.4 Å². The highest BCUT2D eigenvalue weighted by Gasteiger charge is 2.20. The molecule has 0 radical (unpaired) electrons. The lowest BCUT2D eigenvalue weighted by atomic mass is 10.0. The summed E-state index contributed by atoms with van der Waals surface area (Å²) in [5, 5.41) is 17.0. The molecule has 0 saturated heterocycles. The van der Waals surface area contributed by atoms with Crippen LogP contribution in [0.4, 0.5) is 5.88 Å². The van der Waals surface area contributed by atoms with Gasteiger partial charge in [0, 0.05) is 17.0 Å². The van der Waals surface area contributed by atoms with Crippen LogP contribution in [-0.2, 0) is 0 Å². The van der Waals surface area contributed by atoms with Crippen molar-refractivity contribution in [3.05, 3.63) is 70.5 Å². The molecule has 1 atom stereocenters. The van der Waals surface area contributed by atoms with Crippen molar-refractivity contribution in [1.29, 1.82) is 5.26 Å². The molecule has 0 spiro atoms. The van der Waals surface area contributed by atoms with Gasteiger partial charge < -0.3 is 14.6 Å². The molecule has 2 heterocycles. The fourth-order valence-corrected chi connectivity index (χ4v) is 4.17. The monoisotopic (exact) mass is 388 g/mol. The minimum absolute atomic E-state index is 0.178. The number of nitriles is 1. The largest absolute Gasteiger partial charge is 0.419 e. The molecule has 2 aromatic heterocycles. The molecule has 0 bridgehead atoms. The average molecular weight is 388 g/mol. The molecular weight excluding hydrogens is 368 g/mol. The molecular formula is C22H20N4OS. The average Bonchev–Trinajstić information content (AvgIpc) is 3.37. The summed E-state index contributed by atoms with van der Waals surface area (Å²) in [6, 6.07) is 20.5. The Balaban J connectivity index is 1.64. The molecule has 6 heteroatoms. The molecule has 0 unspecified atom stereocenters. The van der Waals surface area contributed by atoms with Crippen molar-refractivity contribution >= 4 is 28.0 Å². The van der Waals surface area contributed by atoms with E-state index >= 15 is 0 Å². The second kappa shape index (κ2) is 7.85. The van der Waals surface area contributed by atoms with Gasteiger partial charge in [0.2, 0.25) is 17.5 Å². The second-order valence-electron chi connectivity index (χ2n) is 6.71. The van der Waals surface area contributed by atoms with Gasteiger partial charge in [0.05, 0.1) is 6.04 Å². The number of nitrogens with one attached hydrogen (secondary N) is 1. The van der Waals surface area contributed by atoms with Crippen LogP contribution < -0.4 is 5.32 Å². The van der Waals surface area contributed by atoms with Gasteiger partial charge in [-0.25, -0.2) is 0 Å². The van der Waals surface area contributed by atoms with Crippen LogP contribution in [0.15, 0.2) is 64.4 Å². The number of nitrogens with zero attached hydrogens (tertiary/aromatic N) is 3. The van der Waals surface area contributed by atoms with Crippen molar-refractivity contribution in [2.45, 2.75) is 6.04 Å². The lowest BCUT2D eigenvalue weighted by Crippen LogP contribution is -2.26. The molecule has 0 aliphatic rings. The zero-order valence-electron chi connectivity index (χ0n) is 15.7. The third-order valence-electron chi connectivity index (χ3n) is 4.70. The maximum absolute atomic E-state index is 9.53. The van der Waals surface area contributed by atoms with Crippen LogP contribution in [0.25, 0.3) is 22.2 Å². The predicted octanol–water partition coefficient (Wildman–Crippen LogP) is 5.14. The normalized spacial score (nSPS) is 12.2. The number of thiophene rings is 1. The highest BCUT2D eigenvalue weighted by Crippen LogP contribution is 2.32. The van der Waals surface area contributed by atoms with E-state index in [0.717, 1.165) is 16.3 Å². The highest BCUT2D eigenvalue weighted by atomic mass is 32.1. The maximum Gasteiger partial charge on any atom is 0.232 e. The molecule has 1 N–H and O–H groups in total. The third kappa shape index (κ3) is 3.50. The van der Waals surface area contributed by atoms with E-state index in [4.69, 9.17) is 4.42 Å². The van der Waals surface area contributed by atoms with Gasteiger partial charge in [0.25, 0.3) is 0 Å². The SMILES string of the molecule is CN(C)[C@@H](CNc1oc(-c2cccc3ccccc23)nc1C#N)c1cccs1. The number of aromatic nitrogens is 1. The quantitative estimate of drug-likeness (QED) is 0.495. The van der Waals surface area contributed by atoms with E-state index in [-0.39, 0.29) is 11.7 Å². The van der Waals surface area contributed by atoms with Crippen LogP contribution in [0.2, 0.25) is 0 Å². The first-order valence-corrected chi connectivity index (χ1v) is 9.88. The summed E-state index contributed by atoms with van der Waals surface area (Å²) in [5.74, 6) is 0.863. The predicted molar refractivity (Wildman–Crippen MR) is 113 cm³/mol. The Bertz CT molecular complexity index is 1120. The molecule has 0 aliphatic heterocycles. The minimum atomic E-state index is 0.178. The molecule has 0 aliphatic carbocycles. The first-order valence-electron chi connectivity index (χ1n) is 9.00. The Labute approximate surface area is 167 Å². The fourth-order valence-electron chi connectivity index (χ4n) is 3.25. The second-order valence-corrected chi connectivity index (χ2v) is 7.69. The third-order valence-corrected chi connectivity index (χ3v) is 5.68. The van der Waals surface area contributed by atoms with Gasteiger partial charge in [-0.15, -0.1) is 11.3 Å². The van der Waals surface area contributed by atoms with Crippen LogP contribution >= 0.6 is 11.3 Å². The Morgan fingerprint density at radius 2 is 1.96 bits per heavy atom. The number of fused-ring (bicyclic) bond motifs is 1. The van der Waals surface area contributed by atoms with Crippen molar-refractivity contribution in [2.24, 2.45) is 0 Å². The van der Waals surface area contributed by atoms with E-state index in [1.165, 1.54) is 4.88 Å². The van der Waals surface area contributed by atoms with Gasteiger partial charge >= 0.3 is 0 Å². The molecule has 0 fully saturated rings. The van der Waals surface area contributed by atoms with Crippen molar-refractivity contribution in [3.63, 3.8) is 0 Å². The van der Waals surface area contributed by atoms with Crippen LogP contribution in [-0.4, -0.2) is 30.5 Å². The number of benzene rings is 2. The first kappa shape index (κ1) is 18.2. The first-order chi connectivity index (χ1) is 13.7. The smallest absolute Gasteiger partial charge is 0.232 e. The number of likely N-dealkylation sites (N-methyl/N-ethyl adjacent to an activating group) is 1. The molecule has 5 nitrogen and oxygen atoms in total. The standard InChI is InChI=1S/C22H20N4OS/c1-26(2)19(20-11-6-12-28-20)14-24-22-18(13-23)25-21(27-22)17-10-5-8-15-7-3-4-9-16(15)17/h3-12,19,24H,14H2,1-2H3/t19-/m0/s1. The lowest BCUT2D eigenvalue weighted by molar-refractivity contribution is 0.315. The van der Waals surface area contributed by atoms with E-state index < -0.39 is 0 Å². The van der Waals surface area contributed by atoms with E-state index in [1.807, 2.05) is 50.5 Å². The summed E-state index contributed by atoms with van der Waals surface area (Å²) in [5.41, 5.74) is 1.15. The molecule has 0 amide bonds. The molecule has 28 heavy (non-hydrogen) atoms. The summed E-state index contributed by atoms with van der Waals surface area (Å²) in [6.45, 7) is 0.617. The Morgan fingerprint density at radius 3 is 2.71 bits per heavy atom. The van der Waals surface area contributed by atoms with Crippen LogP contribution in [0.1, 0.15) is 16.6 Å². The van der Waals surface area contributed by atoms with Gasteiger partial charge in [-0.3, -0.25) is 0 Å². The topological polar surface area (TPSA) is 65.1 Å². The molecule has 0 saturated carbocycles. The summed E-state index contributed by atoms with van der Waals surface area (Å²) >= 11 is 1.72. The minimum Gasteiger partial charge on any atom is -0.419 e. The van der Waals surface area contributed by atoms with E-state index in [2.05, 4.69) is 44.8 Å². The van der Waals surface area contributed by atoms with Gasteiger partial charge in [0.15, 0.2) is 0 Å². The summed E-state index contributed by atoms with van der Waals surface area (Å²) in [6.07, 6.45) is 0. The van der Waals surface area contributed by atoms with E-state index in [1.54, 1.807) is 11.3 Å². The van der Waals surface area contributed by atoms with E-state index in [0.29, 0.717) is 18.3 Å². The number of oxazole rings is 1. The maximum atomic E-state index is 9.53. The Kier molecular flexibility index (Phi) is 5.11. The van der Waals surface area contributed by atoms with Crippen LogP contribution in [0, 0.1) is 11.3 Å². The highest BCUT2D eigenvalue weighted by molar-refractivity contribution is 7.10. The number of hydrogen-bond donors (Lipinski definition) is 1. The number of rotatable bonds is 6. The number of hydrogen-bond acceptors (Lipinski definition) is 6. The van der Waals surface area contributed by atoms with E-state index in [9.17, 15) is 5.26 Å². The summed E-state index contributed by atoms with van der Waals surface area (Å²) in [4.78, 5) is 7.83. The van der Waals surface area contributed by atoms with Crippen molar-refractivity contribution < 1.29 is 4.42 Å². The van der Waals surface area contributed by atoms with Gasteiger partial charge in [0.1, 0.15) is 6.07 Å². The zero-order valence-corrected chi connectivity index (χ0v) is 16.5. The fraction of sp³-hybridized carbons (Fsp3) is 0.182. The molecule has 4 rings (SSSR count). The summed E-state index contributed by atoms with van der Waals surface area (Å²) in [7, 11) is 4.08.